The molecule has 2 aromatic heterocycles. The summed E-state index contributed by atoms with van der Waals surface area (Å²) in [5, 5.41) is 8.17. The highest BCUT2D eigenvalue weighted by atomic mass is 16.5. The second-order valence-corrected chi connectivity index (χ2v) is 8.12. The molecule has 2 aromatic carbocycles. The number of methoxy groups -OCH3 is 1. The molecule has 5 rings (SSSR count). The Morgan fingerprint density at radius 2 is 1.82 bits per heavy atom. The van der Waals surface area contributed by atoms with E-state index >= 15 is 0 Å². The van der Waals surface area contributed by atoms with E-state index in [2.05, 4.69) is 15.3 Å². The number of nitrogens with zero attached hydrogens (tertiary/aromatic N) is 5. The van der Waals surface area contributed by atoms with Crippen LogP contribution in [0.5, 0.6) is 5.75 Å². The predicted molar refractivity (Wildman–Crippen MR) is 122 cm³/mol. The zero-order chi connectivity index (χ0) is 22.8. The van der Waals surface area contributed by atoms with Gasteiger partial charge in [-0.25, -0.2) is 9.67 Å². The number of amides is 1. The van der Waals surface area contributed by atoms with Crippen molar-refractivity contribution in [2.24, 2.45) is 0 Å². The molecule has 33 heavy (non-hydrogen) atoms. The summed E-state index contributed by atoms with van der Waals surface area (Å²) in [5.74, 6) is 1.19. The van der Waals surface area contributed by atoms with Crippen molar-refractivity contribution < 1.29 is 9.53 Å². The molecule has 0 spiro atoms. The Morgan fingerprint density at radius 1 is 1.09 bits per heavy atom. The summed E-state index contributed by atoms with van der Waals surface area (Å²) in [6.45, 7) is 1.63. The van der Waals surface area contributed by atoms with E-state index in [4.69, 9.17) is 9.72 Å². The highest BCUT2D eigenvalue weighted by Crippen LogP contribution is 2.28. The summed E-state index contributed by atoms with van der Waals surface area (Å²) >= 11 is 0. The van der Waals surface area contributed by atoms with Crippen molar-refractivity contribution in [2.75, 3.05) is 20.2 Å². The van der Waals surface area contributed by atoms with Crippen molar-refractivity contribution in [1.29, 1.82) is 0 Å². The average molecular weight is 444 g/mol. The van der Waals surface area contributed by atoms with E-state index in [-0.39, 0.29) is 22.9 Å². The van der Waals surface area contributed by atoms with Gasteiger partial charge in [-0.15, -0.1) is 5.10 Å². The number of carbonyl (C=O) groups excluding carboxylic acids is 1. The van der Waals surface area contributed by atoms with Gasteiger partial charge >= 0.3 is 0 Å². The van der Waals surface area contributed by atoms with Crippen LogP contribution in [0.15, 0.2) is 59.4 Å². The molecule has 9 nitrogen and oxygen atoms in total. The van der Waals surface area contributed by atoms with Crippen LogP contribution in [0.25, 0.3) is 11.2 Å². The Bertz CT molecular complexity index is 1340. The standard InChI is InChI=1S/C24H24N6O3/c1-33-19-10-6-5-9-18(19)24(32)29-13-11-17(12-14-29)21-25-22-20(23(31)26-21)27-28-30(22)15-16-7-3-2-4-8-16/h2-10,17H,11-15H2,1H3,(H,25,26,31). The van der Waals surface area contributed by atoms with E-state index in [1.54, 1.807) is 23.9 Å². The second kappa shape index (κ2) is 8.85. The SMILES string of the molecule is COc1ccccc1C(=O)N1CCC(c2nc3c(nnn3Cc3ccccc3)c(=O)[nH]2)CC1. The van der Waals surface area contributed by atoms with Crippen molar-refractivity contribution in [2.45, 2.75) is 25.3 Å². The molecule has 0 aliphatic carbocycles. The predicted octanol–water partition coefficient (Wildman–Crippen LogP) is 2.59. The molecule has 9 heteroatoms. The van der Waals surface area contributed by atoms with Crippen LogP contribution in [-0.4, -0.2) is 56.0 Å². The number of H-pyrrole nitrogens is 1. The minimum absolute atomic E-state index is 0.0453. The van der Waals surface area contributed by atoms with Crippen LogP contribution in [0.2, 0.25) is 0 Å². The molecule has 1 aliphatic rings. The summed E-state index contributed by atoms with van der Waals surface area (Å²) in [7, 11) is 1.56. The lowest BCUT2D eigenvalue weighted by atomic mass is 9.95. The molecule has 4 aromatic rings. The van der Waals surface area contributed by atoms with Gasteiger partial charge in [0.1, 0.15) is 11.6 Å². The molecule has 1 amide bonds. The van der Waals surface area contributed by atoms with Crippen LogP contribution >= 0.6 is 0 Å². The van der Waals surface area contributed by atoms with Gasteiger partial charge in [0.05, 0.1) is 19.2 Å². The van der Waals surface area contributed by atoms with Crippen LogP contribution in [-0.2, 0) is 6.54 Å². The Labute approximate surface area is 190 Å². The largest absolute Gasteiger partial charge is 0.496 e. The first kappa shape index (κ1) is 20.9. The smallest absolute Gasteiger partial charge is 0.281 e. The van der Waals surface area contributed by atoms with E-state index < -0.39 is 0 Å². The van der Waals surface area contributed by atoms with E-state index in [1.165, 1.54) is 0 Å². The van der Waals surface area contributed by atoms with Crippen molar-refractivity contribution >= 4 is 17.1 Å². The number of benzene rings is 2. The van der Waals surface area contributed by atoms with Gasteiger partial charge in [0.25, 0.3) is 11.5 Å². The topological polar surface area (TPSA) is 106 Å². The van der Waals surface area contributed by atoms with Gasteiger partial charge in [0, 0.05) is 19.0 Å². The van der Waals surface area contributed by atoms with E-state index in [0.717, 1.165) is 5.56 Å². The quantitative estimate of drug-likeness (QED) is 0.507. The third-order valence-corrected chi connectivity index (χ3v) is 6.07. The molecule has 0 radical (unpaired) electrons. The molecular weight excluding hydrogens is 420 g/mol. The Morgan fingerprint density at radius 3 is 2.58 bits per heavy atom. The van der Waals surface area contributed by atoms with Crippen LogP contribution in [0.1, 0.15) is 40.5 Å². The lowest BCUT2D eigenvalue weighted by Crippen LogP contribution is -2.38. The summed E-state index contributed by atoms with van der Waals surface area (Å²) in [5.41, 5.74) is 2.03. The van der Waals surface area contributed by atoms with Crippen molar-refractivity contribution in [3.05, 3.63) is 81.9 Å². The Hall–Kier alpha value is -4.01. The molecule has 1 N–H and O–H groups in total. The molecule has 0 bridgehead atoms. The van der Waals surface area contributed by atoms with Gasteiger partial charge in [-0.3, -0.25) is 9.59 Å². The summed E-state index contributed by atoms with van der Waals surface area (Å²) < 4.78 is 6.99. The third-order valence-electron chi connectivity index (χ3n) is 6.07. The fourth-order valence-electron chi connectivity index (χ4n) is 4.29. The molecule has 0 unspecified atom stereocenters. The highest BCUT2D eigenvalue weighted by Gasteiger charge is 2.28. The van der Waals surface area contributed by atoms with Crippen molar-refractivity contribution in [1.82, 2.24) is 29.9 Å². The maximum atomic E-state index is 13.0. The lowest BCUT2D eigenvalue weighted by molar-refractivity contribution is 0.0707. The third kappa shape index (κ3) is 4.09. The first-order valence-electron chi connectivity index (χ1n) is 10.9. The second-order valence-electron chi connectivity index (χ2n) is 8.12. The Balaban J connectivity index is 1.35. The number of nitrogens with one attached hydrogen (secondary N) is 1. The van der Waals surface area contributed by atoms with E-state index in [9.17, 15) is 9.59 Å². The summed E-state index contributed by atoms with van der Waals surface area (Å²) in [6, 6.07) is 17.1. The lowest BCUT2D eigenvalue weighted by Gasteiger charge is -2.31. The van der Waals surface area contributed by atoms with Crippen LogP contribution in [0.3, 0.4) is 0 Å². The number of para-hydroxylation sites is 1. The normalized spacial score (nSPS) is 14.5. The maximum Gasteiger partial charge on any atom is 0.281 e. The number of likely N-dealkylation sites (tertiary alicyclic amines) is 1. The van der Waals surface area contributed by atoms with E-state index in [0.29, 0.717) is 55.3 Å². The number of hydrogen-bond acceptors (Lipinski definition) is 6. The highest BCUT2D eigenvalue weighted by molar-refractivity contribution is 5.97. The van der Waals surface area contributed by atoms with Gasteiger partial charge in [-0.1, -0.05) is 47.7 Å². The van der Waals surface area contributed by atoms with Gasteiger partial charge in [0.2, 0.25) is 0 Å². The van der Waals surface area contributed by atoms with Crippen LogP contribution < -0.4 is 10.3 Å². The first-order chi connectivity index (χ1) is 16.1. The number of rotatable bonds is 5. The van der Waals surface area contributed by atoms with Gasteiger partial charge in [-0.05, 0) is 30.5 Å². The maximum absolute atomic E-state index is 13.0. The summed E-state index contributed by atoms with van der Waals surface area (Å²) in [6.07, 6.45) is 1.41. The monoisotopic (exact) mass is 444 g/mol. The number of aromatic amines is 1. The number of piperidine rings is 1. The molecule has 0 atom stereocenters. The van der Waals surface area contributed by atoms with Crippen molar-refractivity contribution in [3.63, 3.8) is 0 Å². The zero-order valence-corrected chi connectivity index (χ0v) is 18.3. The minimum atomic E-state index is -0.290. The Kier molecular flexibility index (Phi) is 5.60. The van der Waals surface area contributed by atoms with Gasteiger partial charge < -0.3 is 14.6 Å². The first-order valence-corrected chi connectivity index (χ1v) is 10.9. The molecule has 1 aliphatic heterocycles. The fourth-order valence-corrected chi connectivity index (χ4v) is 4.29. The number of carbonyl (C=O) groups is 1. The summed E-state index contributed by atoms with van der Waals surface area (Å²) in [4.78, 5) is 35.1. The minimum Gasteiger partial charge on any atom is -0.496 e. The molecule has 0 saturated carbocycles. The number of hydrogen-bond donors (Lipinski definition) is 1. The van der Waals surface area contributed by atoms with Crippen LogP contribution in [0.4, 0.5) is 0 Å². The fraction of sp³-hybridized carbons (Fsp3) is 0.292. The molecule has 1 fully saturated rings. The van der Waals surface area contributed by atoms with Gasteiger partial charge in [-0.2, -0.15) is 0 Å². The van der Waals surface area contributed by atoms with E-state index in [1.807, 2.05) is 47.4 Å². The van der Waals surface area contributed by atoms with Gasteiger partial charge in [0.15, 0.2) is 11.2 Å². The number of fused-ring (bicyclic) bond motifs is 1. The van der Waals surface area contributed by atoms with Crippen molar-refractivity contribution in [3.8, 4) is 5.75 Å². The number of ether oxygens (including phenoxy) is 1. The zero-order valence-electron chi connectivity index (χ0n) is 18.3. The number of aromatic nitrogens is 5. The average Bonchev–Trinajstić information content (AvgIpc) is 3.27. The molecule has 1 saturated heterocycles. The molecule has 3 heterocycles. The molecule has 168 valence electrons. The molecular formula is C24H24N6O3. The van der Waals surface area contributed by atoms with Crippen LogP contribution in [0, 0.1) is 0 Å².